The quantitative estimate of drug-likeness (QED) is 0.549. The van der Waals surface area contributed by atoms with E-state index in [4.69, 9.17) is 4.42 Å². The number of pyridine rings is 1. The van der Waals surface area contributed by atoms with Gasteiger partial charge in [0.25, 0.3) is 0 Å². The fourth-order valence-electron chi connectivity index (χ4n) is 6.50. The van der Waals surface area contributed by atoms with Crippen molar-refractivity contribution in [1.29, 1.82) is 0 Å². The number of hydrogen-bond donors (Lipinski definition) is 0. The Bertz CT molecular complexity index is 1040. The minimum atomic E-state index is 0.348. The number of anilines is 1. The lowest BCUT2D eigenvalue weighted by Crippen LogP contribution is -2.71. The summed E-state index contributed by atoms with van der Waals surface area (Å²) in [4.78, 5) is 7.44. The summed E-state index contributed by atoms with van der Waals surface area (Å²) in [5.74, 6) is 0. The molecule has 134 valence electrons. The van der Waals surface area contributed by atoms with E-state index in [1.807, 2.05) is 6.92 Å². The van der Waals surface area contributed by atoms with E-state index < -0.39 is 0 Å². The van der Waals surface area contributed by atoms with Crippen LogP contribution < -0.4 is 4.90 Å². The van der Waals surface area contributed by atoms with E-state index in [1.54, 1.807) is 0 Å². The van der Waals surface area contributed by atoms with Crippen LogP contribution in [0.15, 0.2) is 28.7 Å². The zero-order chi connectivity index (χ0) is 17.7. The van der Waals surface area contributed by atoms with Gasteiger partial charge in [0, 0.05) is 28.0 Å². The Morgan fingerprint density at radius 2 is 1.65 bits per heavy atom. The molecule has 3 nitrogen and oxygen atoms in total. The largest absolute Gasteiger partial charge is 0.436 e. The van der Waals surface area contributed by atoms with Gasteiger partial charge in [0.05, 0.1) is 5.69 Å². The molecule has 9 rings (SSSR count). The second kappa shape index (κ2) is 4.62. The molecule has 3 aliphatic carbocycles. The Labute approximate surface area is 154 Å². The van der Waals surface area contributed by atoms with Gasteiger partial charge in [0.2, 0.25) is 5.71 Å². The van der Waals surface area contributed by atoms with Crippen LogP contribution in [0.4, 0.5) is 5.69 Å². The molecule has 1 aromatic carbocycles. The number of hydrogen-bond acceptors (Lipinski definition) is 3. The van der Waals surface area contributed by atoms with Crippen LogP contribution in [0.5, 0.6) is 0 Å². The van der Waals surface area contributed by atoms with E-state index in [9.17, 15) is 0 Å². The number of rotatable bonds is 1. The van der Waals surface area contributed by atoms with E-state index in [0.29, 0.717) is 17.0 Å². The number of piperidine rings is 3. The van der Waals surface area contributed by atoms with Crippen molar-refractivity contribution in [3.63, 3.8) is 0 Å². The normalized spacial score (nSPS) is 32.9. The average Bonchev–Trinajstić information content (AvgIpc) is 3.01. The maximum atomic E-state index is 6.40. The Balaban J connectivity index is 1.65. The molecule has 3 aromatic rings. The van der Waals surface area contributed by atoms with Gasteiger partial charge in [-0.25, -0.2) is 4.98 Å². The van der Waals surface area contributed by atoms with Gasteiger partial charge in [-0.05, 0) is 82.4 Å². The lowest BCUT2D eigenvalue weighted by Gasteiger charge is -2.70. The van der Waals surface area contributed by atoms with E-state index >= 15 is 0 Å². The number of fused-ring (bicyclic) bond motifs is 3. The highest BCUT2D eigenvalue weighted by molar-refractivity contribution is 6.08. The zero-order valence-electron chi connectivity index (χ0n) is 15.9. The summed E-state index contributed by atoms with van der Waals surface area (Å²) in [6.45, 7) is 6.74. The van der Waals surface area contributed by atoms with Gasteiger partial charge in [0.15, 0.2) is 5.58 Å². The number of furan rings is 1. The molecule has 3 heteroatoms. The molecule has 2 bridgehead atoms. The van der Waals surface area contributed by atoms with Crippen molar-refractivity contribution in [3.8, 4) is 0 Å². The van der Waals surface area contributed by atoms with Crippen LogP contribution in [0.3, 0.4) is 0 Å². The smallest absolute Gasteiger partial charge is 0.227 e. The van der Waals surface area contributed by atoms with Crippen LogP contribution in [0.1, 0.15) is 56.7 Å². The first-order valence-electron chi connectivity index (χ1n) is 10.1. The maximum absolute atomic E-state index is 6.40. The standard InChI is InChI=1S/C23H26N2O/c1-14-4-6-17-18-7-5-15(2)24-21(18)26-20(17)19(14)25-16(3)22-8-11-23(25,12-9-22)13-10-22/h4-7,16H,8-13H2,1-3H3. The third-order valence-corrected chi connectivity index (χ3v) is 8.11. The number of aryl methyl sites for hydroxylation is 2. The molecule has 0 amide bonds. The topological polar surface area (TPSA) is 29.3 Å². The number of nitrogens with zero attached hydrogens (tertiary/aromatic N) is 2. The SMILES string of the molecule is Cc1ccc2c(n1)oc1c(N3C(C)C45CCC3(CC4)CC5)c(C)ccc12. The van der Waals surface area contributed by atoms with Gasteiger partial charge in [-0.1, -0.05) is 12.1 Å². The lowest BCUT2D eigenvalue weighted by molar-refractivity contribution is -0.0446. The zero-order valence-corrected chi connectivity index (χ0v) is 15.9. The first-order valence-corrected chi connectivity index (χ1v) is 10.1. The summed E-state index contributed by atoms with van der Waals surface area (Å²) in [6.07, 6.45) is 8.31. The highest BCUT2D eigenvalue weighted by Gasteiger charge is 2.62. The summed E-state index contributed by atoms with van der Waals surface area (Å²) in [5.41, 5.74) is 6.39. The van der Waals surface area contributed by atoms with E-state index in [0.717, 1.165) is 22.4 Å². The van der Waals surface area contributed by atoms with Crippen molar-refractivity contribution < 1.29 is 4.42 Å². The first kappa shape index (κ1) is 15.1. The lowest BCUT2D eigenvalue weighted by atomic mass is 9.49. The third kappa shape index (κ3) is 1.63. The minimum absolute atomic E-state index is 0.348. The highest BCUT2D eigenvalue weighted by Crippen LogP contribution is 2.65. The molecule has 26 heavy (non-hydrogen) atoms. The summed E-state index contributed by atoms with van der Waals surface area (Å²) in [7, 11) is 0. The van der Waals surface area contributed by atoms with Crippen LogP contribution in [0.25, 0.3) is 22.1 Å². The molecular formula is C23H26N2O. The molecule has 1 unspecified atom stereocenters. The summed E-state index contributed by atoms with van der Waals surface area (Å²) < 4.78 is 6.40. The maximum Gasteiger partial charge on any atom is 0.227 e. The van der Waals surface area contributed by atoms with Crippen molar-refractivity contribution in [2.45, 2.75) is 70.9 Å². The fraction of sp³-hybridized carbons (Fsp3) is 0.522. The summed E-state index contributed by atoms with van der Waals surface area (Å²) in [6, 6.07) is 9.35. The van der Waals surface area contributed by atoms with E-state index in [2.05, 4.69) is 48.0 Å². The van der Waals surface area contributed by atoms with Crippen molar-refractivity contribution in [2.24, 2.45) is 5.41 Å². The molecule has 0 radical (unpaired) electrons. The Hall–Kier alpha value is -2.03. The third-order valence-electron chi connectivity index (χ3n) is 8.11. The molecule has 6 aliphatic rings. The van der Waals surface area contributed by atoms with Gasteiger partial charge in [-0.2, -0.15) is 0 Å². The van der Waals surface area contributed by atoms with Crippen molar-refractivity contribution in [3.05, 3.63) is 35.5 Å². The average molecular weight is 346 g/mol. The van der Waals surface area contributed by atoms with Crippen LogP contribution in [0, 0.1) is 19.3 Å². The molecule has 3 saturated heterocycles. The van der Waals surface area contributed by atoms with Crippen LogP contribution >= 0.6 is 0 Å². The fourth-order valence-corrected chi connectivity index (χ4v) is 6.50. The highest BCUT2D eigenvalue weighted by atomic mass is 16.3. The Morgan fingerprint density at radius 1 is 0.962 bits per heavy atom. The van der Waals surface area contributed by atoms with Gasteiger partial charge in [-0.3, -0.25) is 0 Å². The molecule has 3 saturated carbocycles. The Morgan fingerprint density at radius 3 is 2.35 bits per heavy atom. The predicted octanol–water partition coefficient (Wildman–Crippen LogP) is 5.90. The second-order valence-electron chi connectivity index (χ2n) is 9.15. The minimum Gasteiger partial charge on any atom is -0.436 e. The second-order valence-corrected chi connectivity index (χ2v) is 9.15. The van der Waals surface area contributed by atoms with Crippen LogP contribution in [-0.2, 0) is 0 Å². The monoisotopic (exact) mass is 346 g/mol. The molecule has 0 spiro atoms. The Kier molecular flexibility index (Phi) is 2.68. The van der Waals surface area contributed by atoms with Crippen molar-refractivity contribution in [2.75, 3.05) is 4.90 Å². The molecule has 1 atom stereocenters. The van der Waals surface area contributed by atoms with Gasteiger partial charge in [-0.15, -0.1) is 0 Å². The molecular weight excluding hydrogens is 320 g/mol. The molecule has 2 aromatic heterocycles. The van der Waals surface area contributed by atoms with Crippen LogP contribution in [-0.4, -0.2) is 16.6 Å². The number of aromatic nitrogens is 1. The predicted molar refractivity (Wildman–Crippen MR) is 106 cm³/mol. The molecule has 6 fully saturated rings. The summed E-state index contributed by atoms with van der Waals surface area (Å²) in [5, 5.41) is 2.36. The van der Waals surface area contributed by atoms with Crippen molar-refractivity contribution >= 4 is 27.8 Å². The summed E-state index contributed by atoms with van der Waals surface area (Å²) >= 11 is 0. The van der Waals surface area contributed by atoms with E-state index in [1.165, 1.54) is 55.2 Å². The van der Waals surface area contributed by atoms with Gasteiger partial charge >= 0.3 is 0 Å². The number of benzene rings is 1. The van der Waals surface area contributed by atoms with Crippen LogP contribution in [0.2, 0.25) is 0 Å². The van der Waals surface area contributed by atoms with Crippen molar-refractivity contribution in [1.82, 2.24) is 4.98 Å². The molecule has 5 heterocycles. The first-order chi connectivity index (χ1) is 12.5. The van der Waals surface area contributed by atoms with Gasteiger partial charge < -0.3 is 9.32 Å². The van der Waals surface area contributed by atoms with Gasteiger partial charge in [0.1, 0.15) is 0 Å². The molecule has 3 aliphatic heterocycles. The van der Waals surface area contributed by atoms with E-state index in [-0.39, 0.29) is 0 Å². The molecule has 0 N–H and O–H groups in total.